The van der Waals surface area contributed by atoms with E-state index >= 15 is 0 Å². The van der Waals surface area contributed by atoms with Gasteiger partial charge >= 0.3 is 5.97 Å². The highest BCUT2D eigenvalue weighted by Gasteiger charge is 2.15. The van der Waals surface area contributed by atoms with Gasteiger partial charge in [-0.15, -0.1) is 0 Å². The molecule has 0 radical (unpaired) electrons. The number of methoxy groups -OCH3 is 1. The van der Waals surface area contributed by atoms with Crippen LogP contribution < -0.4 is 0 Å². The topological polar surface area (TPSA) is 26.3 Å². The minimum absolute atomic E-state index is 0.388. The summed E-state index contributed by atoms with van der Waals surface area (Å²) in [5, 5.41) is 2.73. The zero-order chi connectivity index (χ0) is 14.8. The smallest absolute Gasteiger partial charge is 0.338 e. The van der Waals surface area contributed by atoms with Crippen molar-refractivity contribution in [3.63, 3.8) is 0 Å². The van der Waals surface area contributed by atoms with Gasteiger partial charge in [0, 0.05) is 5.02 Å². The average molecular weight is 297 g/mol. The molecule has 3 aromatic rings. The second-order valence-electron chi connectivity index (χ2n) is 4.71. The average Bonchev–Trinajstić information content (AvgIpc) is 2.53. The molecule has 2 nitrogen and oxygen atoms in total. The minimum Gasteiger partial charge on any atom is -0.465 e. The molecule has 0 saturated heterocycles. The van der Waals surface area contributed by atoms with Gasteiger partial charge in [0.05, 0.1) is 12.7 Å². The van der Waals surface area contributed by atoms with Crippen molar-refractivity contribution in [2.75, 3.05) is 7.11 Å². The second kappa shape index (κ2) is 5.58. The van der Waals surface area contributed by atoms with E-state index in [9.17, 15) is 4.79 Å². The molecule has 3 aromatic carbocycles. The number of hydrogen-bond acceptors (Lipinski definition) is 2. The van der Waals surface area contributed by atoms with Gasteiger partial charge in [-0.05, 0) is 34.0 Å². The van der Waals surface area contributed by atoms with Crippen molar-refractivity contribution in [2.24, 2.45) is 0 Å². The quantitative estimate of drug-likeness (QED) is 0.626. The predicted octanol–water partition coefficient (Wildman–Crippen LogP) is 4.95. The van der Waals surface area contributed by atoms with Crippen LogP contribution >= 0.6 is 11.6 Å². The van der Waals surface area contributed by atoms with Crippen LogP contribution in [0, 0.1) is 0 Å². The molecule has 104 valence electrons. The second-order valence-corrected chi connectivity index (χ2v) is 5.14. The zero-order valence-corrected chi connectivity index (χ0v) is 12.2. The van der Waals surface area contributed by atoms with Crippen molar-refractivity contribution in [3.8, 4) is 11.1 Å². The van der Waals surface area contributed by atoms with Crippen molar-refractivity contribution < 1.29 is 9.53 Å². The molecule has 0 atom stereocenters. The summed E-state index contributed by atoms with van der Waals surface area (Å²) in [6.07, 6.45) is 0. The lowest BCUT2D eigenvalue weighted by Crippen LogP contribution is -2.03. The standard InChI is InChI=1S/C18H13ClO2/c1-21-18(20)17-11-13(19)9-10-16(17)15-8-4-6-12-5-2-3-7-14(12)15/h2-11H,1H3. The first kappa shape index (κ1) is 13.7. The van der Waals surface area contributed by atoms with Gasteiger partial charge in [0.25, 0.3) is 0 Å². The molecule has 0 aliphatic heterocycles. The Bertz CT molecular complexity index is 819. The van der Waals surface area contributed by atoms with Gasteiger partial charge < -0.3 is 4.74 Å². The van der Waals surface area contributed by atoms with Gasteiger partial charge in [-0.1, -0.05) is 60.1 Å². The van der Waals surface area contributed by atoms with E-state index in [1.807, 2.05) is 48.5 Å². The van der Waals surface area contributed by atoms with E-state index in [1.165, 1.54) is 7.11 Å². The largest absolute Gasteiger partial charge is 0.465 e. The maximum absolute atomic E-state index is 12.0. The molecule has 0 heterocycles. The van der Waals surface area contributed by atoms with Crippen molar-refractivity contribution >= 4 is 28.3 Å². The molecule has 0 aliphatic rings. The van der Waals surface area contributed by atoms with Crippen molar-refractivity contribution in [3.05, 3.63) is 71.2 Å². The fraction of sp³-hybridized carbons (Fsp3) is 0.0556. The molecule has 0 fully saturated rings. The van der Waals surface area contributed by atoms with Crippen LogP contribution in [0.1, 0.15) is 10.4 Å². The van der Waals surface area contributed by atoms with Crippen LogP contribution in [0.2, 0.25) is 5.02 Å². The summed E-state index contributed by atoms with van der Waals surface area (Å²) >= 11 is 6.02. The zero-order valence-electron chi connectivity index (χ0n) is 11.5. The lowest BCUT2D eigenvalue weighted by Gasteiger charge is -2.11. The van der Waals surface area contributed by atoms with E-state index in [1.54, 1.807) is 12.1 Å². The number of carbonyl (C=O) groups is 1. The molecule has 3 heteroatoms. The van der Waals surface area contributed by atoms with Crippen LogP contribution in [0.3, 0.4) is 0 Å². The lowest BCUT2D eigenvalue weighted by molar-refractivity contribution is 0.0601. The van der Waals surface area contributed by atoms with Gasteiger partial charge in [-0.2, -0.15) is 0 Å². The third kappa shape index (κ3) is 2.50. The number of halogens is 1. The summed E-state index contributed by atoms with van der Waals surface area (Å²) in [5.41, 5.74) is 2.29. The molecule has 0 saturated carbocycles. The summed E-state index contributed by atoms with van der Waals surface area (Å²) in [6.45, 7) is 0. The Morgan fingerprint density at radius 2 is 1.71 bits per heavy atom. The molecule has 0 unspecified atom stereocenters. The van der Waals surface area contributed by atoms with Gasteiger partial charge in [0.2, 0.25) is 0 Å². The Balaban J connectivity index is 2.31. The number of ether oxygens (including phenoxy) is 1. The van der Waals surface area contributed by atoms with Crippen molar-refractivity contribution in [1.29, 1.82) is 0 Å². The highest BCUT2D eigenvalue weighted by molar-refractivity contribution is 6.31. The van der Waals surface area contributed by atoms with E-state index < -0.39 is 0 Å². The van der Waals surface area contributed by atoms with Crippen LogP contribution in [0.25, 0.3) is 21.9 Å². The molecular formula is C18H13ClO2. The molecule has 0 amide bonds. The predicted molar refractivity (Wildman–Crippen MR) is 85.7 cm³/mol. The summed E-state index contributed by atoms with van der Waals surface area (Å²) in [5.74, 6) is -0.388. The summed E-state index contributed by atoms with van der Waals surface area (Å²) in [6, 6.07) is 19.4. The first-order valence-electron chi connectivity index (χ1n) is 6.56. The molecule has 0 spiro atoms. The number of hydrogen-bond donors (Lipinski definition) is 0. The maximum Gasteiger partial charge on any atom is 0.338 e. The molecule has 0 bridgehead atoms. The molecule has 0 aliphatic carbocycles. The first-order valence-corrected chi connectivity index (χ1v) is 6.94. The van der Waals surface area contributed by atoms with Gasteiger partial charge in [-0.3, -0.25) is 0 Å². The first-order chi connectivity index (χ1) is 10.2. The SMILES string of the molecule is COC(=O)c1cc(Cl)ccc1-c1cccc2ccccc12. The van der Waals surface area contributed by atoms with E-state index in [0.29, 0.717) is 10.6 Å². The van der Waals surface area contributed by atoms with E-state index in [-0.39, 0.29) is 5.97 Å². The molecule has 3 rings (SSSR count). The van der Waals surface area contributed by atoms with E-state index in [0.717, 1.165) is 21.9 Å². The lowest BCUT2D eigenvalue weighted by atomic mass is 9.94. The molecule has 0 aromatic heterocycles. The van der Waals surface area contributed by atoms with E-state index in [4.69, 9.17) is 16.3 Å². The highest BCUT2D eigenvalue weighted by atomic mass is 35.5. The molecule has 0 N–H and O–H groups in total. The third-order valence-corrected chi connectivity index (χ3v) is 3.70. The van der Waals surface area contributed by atoms with Crippen LogP contribution in [0.5, 0.6) is 0 Å². The van der Waals surface area contributed by atoms with Crippen LogP contribution in [0.15, 0.2) is 60.7 Å². The molecular weight excluding hydrogens is 284 g/mol. The van der Waals surface area contributed by atoms with E-state index in [2.05, 4.69) is 0 Å². The fourth-order valence-corrected chi connectivity index (χ4v) is 2.66. The Labute approximate surface area is 127 Å². The van der Waals surface area contributed by atoms with Crippen LogP contribution in [0.4, 0.5) is 0 Å². The summed E-state index contributed by atoms with van der Waals surface area (Å²) in [7, 11) is 1.37. The van der Waals surface area contributed by atoms with Crippen molar-refractivity contribution in [2.45, 2.75) is 0 Å². The third-order valence-electron chi connectivity index (χ3n) is 3.47. The highest BCUT2D eigenvalue weighted by Crippen LogP contribution is 2.32. The Kier molecular flexibility index (Phi) is 3.63. The fourth-order valence-electron chi connectivity index (χ4n) is 2.49. The number of carbonyl (C=O) groups excluding carboxylic acids is 1. The Morgan fingerprint density at radius 1 is 0.952 bits per heavy atom. The number of fused-ring (bicyclic) bond motifs is 1. The minimum atomic E-state index is -0.388. The van der Waals surface area contributed by atoms with Crippen LogP contribution in [-0.2, 0) is 4.74 Å². The normalized spacial score (nSPS) is 10.6. The van der Waals surface area contributed by atoms with Crippen LogP contribution in [-0.4, -0.2) is 13.1 Å². The van der Waals surface area contributed by atoms with Gasteiger partial charge in [0.1, 0.15) is 0 Å². The Hall–Kier alpha value is -2.32. The molecule has 21 heavy (non-hydrogen) atoms. The number of rotatable bonds is 2. The number of esters is 1. The summed E-state index contributed by atoms with van der Waals surface area (Å²) < 4.78 is 4.87. The van der Waals surface area contributed by atoms with Gasteiger partial charge in [0.15, 0.2) is 0 Å². The monoisotopic (exact) mass is 296 g/mol. The maximum atomic E-state index is 12.0. The number of benzene rings is 3. The summed E-state index contributed by atoms with van der Waals surface area (Å²) in [4.78, 5) is 12.0. The Morgan fingerprint density at radius 3 is 2.52 bits per heavy atom. The van der Waals surface area contributed by atoms with Gasteiger partial charge in [-0.25, -0.2) is 4.79 Å². The van der Waals surface area contributed by atoms with Crippen molar-refractivity contribution in [1.82, 2.24) is 0 Å².